The quantitative estimate of drug-likeness (QED) is 0.866. The highest BCUT2D eigenvalue weighted by Crippen LogP contribution is 2.28. The molecule has 2 aromatic rings. The number of rotatable bonds is 6. The minimum Gasteiger partial charge on any atom is -0.497 e. The largest absolute Gasteiger partial charge is 0.497 e. The smallest absolute Gasteiger partial charge is 0.243 e. The Balaban J connectivity index is 1.63. The molecule has 26 heavy (non-hydrogen) atoms. The molecule has 5 nitrogen and oxygen atoms in total. The SMILES string of the molecule is COc1ccc(N2C(=O)CCC2C(=O)NCCc2ccccc2F)cc1. The highest BCUT2D eigenvalue weighted by Gasteiger charge is 2.36. The molecule has 0 radical (unpaired) electrons. The highest BCUT2D eigenvalue weighted by molar-refractivity contribution is 6.03. The van der Waals surface area contributed by atoms with E-state index >= 15 is 0 Å². The molecule has 1 atom stereocenters. The summed E-state index contributed by atoms with van der Waals surface area (Å²) in [5.41, 5.74) is 1.23. The molecule has 0 bridgehead atoms. The zero-order chi connectivity index (χ0) is 18.5. The van der Waals surface area contributed by atoms with Crippen molar-refractivity contribution in [1.29, 1.82) is 0 Å². The molecule has 0 spiro atoms. The molecule has 1 heterocycles. The summed E-state index contributed by atoms with van der Waals surface area (Å²) < 4.78 is 18.8. The number of halogens is 1. The number of ether oxygens (including phenoxy) is 1. The van der Waals surface area contributed by atoms with E-state index in [1.165, 1.54) is 11.0 Å². The summed E-state index contributed by atoms with van der Waals surface area (Å²) in [6.45, 7) is 0.320. The van der Waals surface area contributed by atoms with E-state index in [1.54, 1.807) is 49.6 Å². The summed E-state index contributed by atoms with van der Waals surface area (Å²) in [5, 5.41) is 2.82. The van der Waals surface area contributed by atoms with Gasteiger partial charge in [-0.1, -0.05) is 18.2 Å². The first-order valence-corrected chi connectivity index (χ1v) is 8.57. The monoisotopic (exact) mass is 356 g/mol. The van der Waals surface area contributed by atoms with Crippen LogP contribution < -0.4 is 15.0 Å². The highest BCUT2D eigenvalue weighted by atomic mass is 19.1. The van der Waals surface area contributed by atoms with Crippen LogP contribution in [0.15, 0.2) is 48.5 Å². The van der Waals surface area contributed by atoms with Gasteiger partial charge in [0.2, 0.25) is 11.8 Å². The van der Waals surface area contributed by atoms with Crippen molar-refractivity contribution in [2.24, 2.45) is 0 Å². The second kappa shape index (κ2) is 7.99. The number of amides is 2. The number of benzene rings is 2. The average Bonchev–Trinajstić information content (AvgIpc) is 3.05. The molecule has 1 aliphatic heterocycles. The number of methoxy groups -OCH3 is 1. The van der Waals surface area contributed by atoms with Gasteiger partial charge in [0.05, 0.1) is 7.11 Å². The lowest BCUT2D eigenvalue weighted by Crippen LogP contribution is -2.45. The van der Waals surface area contributed by atoms with Crippen molar-refractivity contribution in [1.82, 2.24) is 5.32 Å². The van der Waals surface area contributed by atoms with E-state index in [0.717, 1.165) is 0 Å². The molecule has 1 saturated heterocycles. The Morgan fingerprint density at radius 1 is 1.23 bits per heavy atom. The zero-order valence-corrected chi connectivity index (χ0v) is 14.6. The summed E-state index contributed by atoms with van der Waals surface area (Å²) in [4.78, 5) is 26.3. The minimum atomic E-state index is -0.545. The van der Waals surface area contributed by atoms with Crippen LogP contribution in [0.3, 0.4) is 0 Å². The normalized spacial score (nSPS) is 16.6. The number of carbonyl (C=O) groups excluding carboxylic acids is 2. The van der Waals surface area contributed by atoms with Crippen LogP contribution in [0.4, 0.5) is 10.1 Å². The third-order valence-electron chi connectivity index (χ3n) is 4.52. The molecular formula is C20H21FN2O3. The van der Waals surface area contributed by atoms with Gasteiger partial charge >= 0.3 is 0 Å². The van der Waals surface area contributed by atoms with Gasteiger partial charge in [-0.05, 0) is 48.7 Å². The van der Waals surface area contributed by atoms with E-state index in [-0.39, 0.29) is 17.6 Å². The molecule has 136 valence electrons. The predicted octanol–water partition coefficient (Wildman–Crippen LogP) is 2.69. The maximum atomic E-state index is 13.6. The van der Waals surface area contributed by atoms with E-state index in [4.69, 9.17) is 4.74 Å². The summed E-state index contributed by atoms with van der Waals surface area (Å²) in [6, 6.07) is 13.0. The topological polar surface area (TPSA) is 58.6 Å². The summed E-state index contributed by atoms with van der Waals surface area (Å²) in [7, 11) is 1.57. The third-order valence-corrected chi connectivity index (χ3v) is 4.52. The van der Waals surface area contributed by atoms with Crippen molar-refractivity contribution in [3.8, 4) is 5.75 Å². The fourth-order valence-corrected chi connectivity index (χ4v) is 3.14. The van der Waals surface area contributed by atoms with Crippen molar-refractivity contribution in [2.75, 3.05) is 18.6 Å². The van der Waals surface area contributed by atoms with Crippen molar-refractivity contribution >= 4 is 17.5 Å². The Bertz CT molecular complexity index is 792. The molecule has 2 amide bonds. The van der Waals surface area contributed by atoms with E-state index < -0.39 is 6.04 Å². The lowest BCUT2D eigenvalue weighted by Gasteiger charge is -2.24. The second-order valence-electron chi connectivity index (χ2n) is 6.15. The first-order chi connectivity index (χ1) is 12.6. The predicted molar refractivity (Wildman–Crippen MR) is 96.6 cm³/mol. The Kier molecular flexibility index (Phi) is 5.51. The molecule has 1 unspecified atom stereocenters. The molecule has 0 aromatic heterocycles. The van der Waals surface area contributed by atoms with Crippen LogP contribution in [0.25, 0.3) is 0 Å². The van der Waals surface area contributed by atoms with Crippen molar-refractivity contribution in [3.63, 3.8) is 0 Å². The number of hydrogen-bond donors (Lipinski definition) is 1. The van der Waals surface area contributed by atoms with Crippen molar-refractivity contribution in [2.45, 2.75) is 25.3 Å². The van der Waals surface area contributed by atoms with Gasteiger partial charge in [-0.15, -0.1) is 0 Å². The van der Waals surface area contributed by atoms with E-state index in [1.807, 2.05) is 0 Å². The van der Waals surface area contributed by atoms with Gasteiger partial charge in [0.25, 0.3) is 0 Å². The number of carbonyl (C=O) groups is 2. The number of nitrogens with one attached hydrogen (secondary N) is 1. The minimum absolute atomic E-state index is 0.0792. The van der Waals surface area contributed by atoms with Gasteiger partial charge in [0.1, 0.15) is 17.6 Å². The molecule has 1 fully saturated rings. The molecule has 0 saturated carbocycles. The number of anilines is 1. The molecule has 1 aliphatic rings. The second-order valence-corrected chi connectivity index (χ2v) is 6.15. The van der Waals surface area contributed by atoms with Crippen LogP contribution >= 0.6 is 0 Å². The van der Waals surface area contributed by atoms with Crippen molar-refractivity contribution in [3.05, 3.63) is 59.9 Å². The molecule has 2 aromatic carbocycles. The van der Waals surface area contributed by atoms with E-state index in [2.05, 4.69) is 5.32 Å². The van der Waals surface area contributed by atoms with E-state index in [0.29, 0.717) is 42.8 Å². The van der Waals surface area contributed by atoms with Crippen molar-refractivity contribution < 1.29 is 18.7 Å². The van der Waals surface area contributed by atoms with Gasteiger partial charge in [0.15, 0.2) is 0 Å². The fraction of sp³-hybridized carbons (Fsp3) is 0.300. The van der Waals surface area contributed by atoms with Crippen LogP contribution in [0.2, 0.25) is 0 Å². The lowest BCUT2D eigenvalue weighted by molar-refractivity contribution is -0.123. The Morgan fingerprint density at radius 3 is 2.65 bits per heavy atom. The first kappa shape index (κ1) is 17.9. The van der Waals surface area contributed by atoms with Gasteiger partial charge in [0, 0.05) is 18.7 Å². The average molecular weight is 356 g/mol. The maximum absolute atomic E-state index is 13.6. The Labute approximate surface area is 151 Å². The Hall–Kier alpha value is -2.89. The fourth-order valence-electron chi connectivity index (χ4n) is 3.14. The van der Waals surface area contributed by atoms with Crippen LogP contribution in [-0.2, 0) is 16.0 Å². The first-order valence-electron chi connectivity index (χ1n) is 8.57. The Morgan fingerprint density at radius 2 is 1.96 bits per heavy atom. The standard InChI is InChI=1S/C20H21FN2O3/c1-26-16-8-6-15(7-9-16)23-18(10-11-19(23)24)20(25)22-13-12-14-4-2-3-5-17(14)21/h2-9,18H,10-13H2,1H3,(H,22,25). The van der Waals surface area contributed by atoms with Crippen LogP contribution in [-0.4, -0.2) is 31.5 Å². The summed E-state index contributed by atoms with van der Waals surface area (Å²) in [5.74, 6) is 0.108. The van der Waals surface area contributed by atoms with Gasteiger partial charge in [-0.25, -0.2) is 4.39 Å². The zero-order valence-electron chi connectivity index (χ0n) is 14.6. The summed E-state index contributed by atoms with van der Waals surface area (Å²) in [6.07, 6.45) is 1.20. The number of hydrogen-bond acceptors (Lipinski definition) is 3. The van der Waals surface area contributed by atoms with Crippen LogP contribution in [0, 0.1) is 5.82 Å². The molecule has 6 heteroatoms. The lowest BCUT2D eigenvalue weighted by atomic mass is 10.1. The summed E-state index contributed by atoms with van der Waals surface area (Å²) >= 11 is 0. The third kappa shape index (κ3) is 3.85. The molecule has 3 rings (SSSR count). The number of nitrogens with zero attached hydrogens (tertiary/aromatic N) is 1. The van der Waals surface area contributed by atoms with Crippen LogP contribution in [0.1, 0.15) is 18.4 Å². The maximum Gasteiger partial charge on any atom is 0.243 e. The van der Waals surface area contributed by atoms with Gasteiger partial charge in [-0.3, -0.25) is 14.5 Å². The molecule has 0 aliphatic carbocycles. The molecule has 1 N–H and O–H groups in total. The van der Waals surface area contributed by atoms with Crippen LogP contribution in [0.5, 0.6) is 5.75 Å². The van der Waals surface area contributed by atoms with Gasteiger partial charge in [-0.2, -0.15) is 0 Å². The van der Waals surface area contributed by atoms with E-state index in [9.17, 15) is 14.0 Å². The molecular weight excluding hydrogens is 335 g/mol. The van der Waals surface area contributed by atoms with Gasteiger partial charge < -0.3 is 10.1 Å².